The second-order valence-corrected chi connectivity index (χ2v) is 5.33. The van der Waals surface area contributed by atoms with Crippen molar-refractivity contribution < 1.29 is 4.74 Å². The van der Waals surface area contributed by atoms with Crippen LogP contribution in [-0.4, -0.2) is 15.7 Å². The average Bonchev–Trinajstić information content (AvgIpc) is 2.74. The van der Waals surface area contributed by atoms with Crippen molar-refractivity contribution in [2.45, 2.75) is 6.10 Å². The first kappa shape index (κ1) is 10.9. The molecular formula is C18H12N2O. The Morgan fingerprint density at radius 1 is 1.10 bits per heavy atom. The zero-order valence-electron chi connectivity index (χ0n) is 11.2. The van der Waals surface area contributed by atoms with Crippen LogP contribution in [0.2, 0.25) is 0 Å². The minimum Gasteiger partial charge on any atom is -0.479 e. The van der Waals surface area contributed by atoms with Gasteiger partial charge in [-0.1, -0.05) is 30.4 Å². The van der Waals surface area contributed by atoms with Crippen molar-refractivity contribution in [2.24, 2.45) is 0 Å². The SMILES string of the molecule is C1=CC2=Cn3c4ccncc4c4cccc(c43)OC2C=C1. The maximum atomic E-state index is 6.21. The third kappa shape index (κ3) is 1.40. The molecule has 1 unspecified atom stereocenters. The molecule has 0 saturated carbocycles. The van der Waals surface area contributed by atoms with Gasteiger partial charge in [-0.25, -0.2) is 0 Å². The molecule has 2 aliphatic rings. The minimum atomic E-state index is -0.0163. The summed E-state index contributed by atoms with van der Waals surface area (Å²) in [6.45, 7) is 0. The van der Waals surface area contributed by atoms with Gasteiger partial charge in [0, 0.05) is 34.9 Å². The number of ether oxygens (including phenoxy) is 1. The van der Waals surface area contributed by atoms with E-state index in [9.17, 15) is 0 Å². The number of allylic oxidation sites excluding steroid dienone is 2. The summed E-state index contributed by atoms with van der Waals surface area (Å²) in [6, 6.07) is 8.26. The summed E-state index contributed by atoms with van der Waals surface area (Å²) in [5.74, 6) is 0.917. The zero-order valence-corrected chi connectivity index (χ0v) is 11.2. The average molecular weight is 272 g/mol. The fraction of sp³-hybridized carbons (Fsp3) is 0.0556. The Bertz CT molecular complexity index is 975. The molecule has 1 aliphatic heterocycles. The predicted molar refractivity (Wildman–Crippen MR) is 84.2 cm³/mol. The molecule has 2 aromatic heterocycles. The molecule has 0 spiro atoms. The van der Waals surface area contributed by atoms with Crippen LogP contribution in [0.1, 0.15) is 0 Å². The summed E-state index contributed by atoms with van der Waals surface area (Å²) in [7, 11) is 0. The second-order valence-electron chi connectivity index (χ2n) is 5.33. The largest absolute Gasteiger partial charge is 0.479 e. The standard InChI is InChI=1S/C18H12N2O/c1-2-6-16-12(4-1)11-20-15-8-9-19-10-14(15)13-5-3-7-17(21-16)18(13)20/h1-11,16H. The van der Waals surface area contributed by atoms with E-state index < -0.39 is 0 Å². The van der Waals surface area contributed by atoms with E-state index in [0.717, 1.165) is 27.7 Å². The molecule has 1 aromatic carbocycles. The maximum absolute atomic E-state index is 6.21. The normalized spacial score (nSPS) is 19.2. The van der Waals surface area contributed by atoms with E-state index in [-0.39, 0.29) is 6.10 Å². The van der Waals surface area contributed by atoms with Crippen LogP contribution in [0.15, 0.2) is 66.5 Å². The van der Waals surface area contributed by atoms with Gasteiger partial charge in [0.25, 0.3) is 0 Å². The third-order valence-corrected chi connectivity index (χ3v) is 4.13. The summed E-state index contributed by atoms with van der Waals surface area (Å²) in [6.07, 6.45) is 14.2. The number of aromatic nitrogens is 2. The van der Waals surface area contributed by atoms with Crippen LogP contribution in [0.25, 0.3) is 28.0 Å². The monoisotopic (exact) mass is 272 g/mol. The Morgan fingerprint density at radius 2 is 2.10 bits per heavy atom. The van der Waals surface area contributed by atoms with E-state index >= 15 is 0 Å². The molecule has 0 amide bonds. The van der Waals surface area contributed by atoms with Gasteiger partial charge >= 0.3 is 0 Å². The van der Waals surface area contributed by atoms with Crippen LogP contribution < -0.4 is 4.74 Å². The molecule has 0 N–H and O–H groups in total. The number of hydrogen-bond donors (Lipinski definition) is 0. The van der Waals surface area contributed by atoms with Crippen molar-refractivity contribution in [3.05, 3.63) is 66.5 Å². The van der Waals surface area contributed by atoms with Gasteiger partial charge in [0.1, 0.15) is 11.9 Å². The highest BCUT2D eigenvalue weighted by atomic mass is 16.5. The molecule has 21 heavy (non-hydrogen) atoms. The molecule has 1 atom stereocenters. The van der Waals surface area contributed by atoms with Crippen molar-refractivity contribution >= 4 is 28.0 Å². The van der Waals surface area contributed by atoms with Crippen molar-refractivity contribution in [3.63, 3.8) is 0 Å². The van der Waals surface area contributed by atoms with E-state index in [4.69, 9.17) is 4.74 Å². The first-order valence-corrected chi connectivity index (χ1v) is 7.02. The van der Waals surface area contributed by atoms with Crippen molar-refractivity contribution in [3.8, 4) is 5.75 Å². The zero-order chi connectivity index (χ0) is 13.8. The van der Waals surface area contributed by atoms with Gasteiger partial charge in [-0.3, -0.25) is 4.98 Å². The molecule has 0 radical (unpaired) electrons. The molecule has 3 heterocycles. The van der Waals surface area contributed by atoms with Crippen LogP contribution in [0.5, 0.6) is 5.75 Å². The maximum Gasteiger partial charge on any atom is 0.145 e. The van der Waals surface area contributed by atoms with Gasteiger partial charge in [-0.05, 0) is 18.2 Å². The minimum absolute atomic E-state index is 0.0163. The number of hydrogen-bond acceptors (Lipinski definition) is 2. The van der Waals surface area contributed by atoms with Crippen molar-refractivity contribution in [1.29, 1.82) is 0 Å². The van der Waals surface area contributed by atoms with Crippen LogP contribution >= 0.6 is 0 Å². The first-order chi connectivity index (χ1) is 10.4. The van der Waals surface area contributed by atoms with E-state index in [1.807, 2.05) is 36.7 Å². The number of fused-ring (bicyclic) bond motifs is 4. The Morgan fingerprint density at radius 3 is 3.10 bits per heavy atom. The lowest BCUT2D eigenvalue weighted by atomic mass is 10.1. The highest BCUT2D eigenvalue weighted by Crippen LogP contribution is 2.38. The third-order valence-electron chi connectivity index (χ3n) is 4.13. The predicted octanol–water partition coefficient (Wildman–Crippen LogP) is 3.92. The molecule has 0 saturated heterocycles. The van der Waals surface area contributed by atoms with Crippen LogP contribution in [0, 0.1) is 0 Å². The number of pyridine rings is 1. The quantitative estimate of drug-likeness (QED) is 0.620. The highest BCUT2D eigenvalue weighted by molar-refractivity contribution is 6.11. The molecular weight excluding hydrogens is 260 g/mol. The lowest BCUT2D eigenvalue weighted by Gasteiger charge is -2.17. The topological polar surface area (TPSA) is 27.1 Å². The fourth-order valence-corrected chi connectivity index (χ4v) is 3.19. The number of para-hydroxylation sites is 1. The molecule has 3 heteroatoms. The lowest BCUT2D eigenvalue weighted by Crippen LogP contribution is -2.16. The molecule has 100 valence electrons. The van der Waals surface area contributed by atoms with Crippen molar-refractivity contribution in [2.75, 3.05) is 0 Å². The summed E-state index contributed by atoms with van der Waals surface area (Å²) in [5, 5.41) is 2.34. The first-order valence-electron chi connectivity index (χ1n) is 7.02. The summed E-state index contributed by atoms with van der Waals surface area (Å²) in [4.78, 5) is 4.27. The van der Waals surface area contributed by atoms with Crippen LogP contribution in [-0.2, 0) is 0 Å². The Hall–Kier alpha value is -2.81. The molecule has 1 aliphatic carbocycles. The van der Waals surface area contributed by atoms with Gasteiger partial charge in [0.15, 0.2) is 0 Å². The van der Waals surface area contributed by atoms with Gasteiger partial charge in [-0.2, -0.15) is 0 Å². The molecule has 5 rings (SSSR count). The number of nitrogens with zero attached hydrogens (tertiary/aromatic N) is 2. The van der Waals surface area contributed by atoms with Crippen LogP contribution in [0.4, 0.5) is 0 Å². The summed E-state index contributed by atoms with van der Waals surface area (Å²) < 4.78 is 8.44. The van der Waals surface area contributed by atoms with Gasteiger partial charge in [0.05, 0.1) is 11.0 Å². The van der Waals surface area contributed by atoms with Gasteiger partial charge < -0.3 is 9.30 Å². The Balaban J connectivity index is 1.98. The van der Waals surface area contributed by atoms with Gasteiger partial charge in [-0.15, -0.1) is 0 Å². The van der Waals surface area contributed by atoms with E-state index in [1.54, 1.807) is 0 Å². The van der Waals surface area contributed by atoms with E-state index in [2.05, 4.69) is 40.0 Å². The molecule has 3 aromatic rings. The Kier molecular flexibility index (Phi) is 2.00. The fourth-order valence-electron chi connectivity index (χ4n) is 3.19. The van der Waals surface area contributed by atoms with Crippen molar-refractivity contribution in [1.82, 2.24) is 9.55 Å². The highest BCUT2D eigenvalue weighted by Gasteiger charge is 2.22. The summed E-state index contributed by atoms with van der Waals surface area (Å²) in [5.41, 5.74) is 3.43. The number of benzene rings is 1. The molecule has 0 bridgehead atoms. The Labute approximate surface area is 121 Å². The molecule has 3 nitrogen and oxygen atoms in total. The molecule has 0 fully saturated rings. The second kappa shape index (κ2) is 3.85. The summed E-state index contributed by atoms with van der Waals surface area (Å²) >= 11 is 0. The van der Waals surface area contributed by atoms with Gasteiger partial charge in [0.2, 0.25) is 0 Å². The van der Waals surface area contributed by atoms with E-state index in [0.29, 0.717) is 0 Å². The number of rotatable bonds is 0. The van der Waals surface area contributed by atoms with Crippen LogP contribution in [0.3, 0.4) is 0 Å². The smallest absolute Gasteiger partial charge is 0.145 e. The lowest BCUT2D eigenvalue weighted by molar-refractivity contribution is 0.292. The van der Waals surface area contributed by atoms with E-state index in [1.165, 1.54) is 5.39 Å².